The second-order valence-electron chi connectivity index (χ2n) is 11.8. The van der Waals surface area contributed by atoms with E-state index in [0.29, 0.717) is 28.1 Å². The Hall–Kier alpha value is -6.26. The number of H-pyrrole nitrogens is 1. The van der Waals surface area contributed by atoms with Crippen LogP contribution < -0.4 is 26.8 Å². The summed E-state index contributed by atoms with van der Waals surface area (Å²) in [6.07, 6.45) is 1.85. The average molecular weight is 655 g/mol. The third kappa shape index (κ3) is 7.93. The minimum absolute atomic E-state index is 0.00354. The van der Waals surface area contributed by atoms with Gasteiger partial charge in [0.2, 0.25) is 11.8 Å². The first-order valence-corrected chi connectivity index (χ1v) is 14.9. The number of carbonyl (C=O) groups is 3. The number of fused-ring (bicyclic) bond motifs is 1. The molecule has 248 valence electrons. The van der Waals surface area contributed by atoms with Crippen LogP contribution in [0.4, 0.5) is 11.8 Å². The summed E-state index contributed by atoms with van der Waals surface area (Å²) in [4.78, 5) is 54.3. The van der Waals surface area contributed by atoms with Crippen LogP contribution in [0.3, 0.4) is 0 Å². The number of rotatable bonds is 12. The number of nitrogen functional groups attached to an aromatic ring is 2. The zero-order valence-corrected chi connectivity index (χ0v) is 26.4. The number of benzene rings is 2. The van der Waals surface area contributed by atoms with E-state index >= 15 is 0 Å². The number of hydrogen-bond donors (Lipinski definition) is 6. The van der Waals surface area contributed by atoms with Gasteiger partial charge in [-0.15, -0.1) is 10.2 Å². The first kappa shape index (κ1) is 33.1. The Morgan fingerprint density at radius 1 is 1.02 bits per heavy atom. The smallest absolute Gasteiger partial charge is 0.326 e. The maximum atomic E-state index is 13.1. The number of carboxylic acids is 1. The van der Waals surface area contributed by atoms with E-state index in [9.17, 15) is 19.5 Å². The number of anilines is 2. The number of nitrogens with zero attached hydrogens (tertiary/aromatic N) is 7. The van der Waals surface area contributed by atoms with Crippen molar-refractivity contribution < 1.29 is 24.2 Å². The number of tetrazole rings is 1. The van der Waals surface area contributed by atoms with Crippen LogP contribution in [0.1, 0.15) is 65.6 Å². The number of hydrogen-bond acceptors (Lipinski definition) is 13. The summed E-state index contributed by atoms with van der Waals surface area (Å²) in [7, 11) is 0. The minimum Gasteiger partial charge on any atom is -0.487 e. The number of carboxylic acid groups (broad SMARTS) is 1. The first-order chi connectivity index (χ1) is 22.9. The van der Waals surface area contributed by atoms with Crippen LogP contribution in [-0.4, -0.2) is 76.0 Å². The van der Waals surface area contributed by atoms with E-state index in [-0.39, 0.29) is 66.1 Å². The molecule has 17 nitrogen and oxygen atoms in total. The lowest BCUT2D eigenvalue weighted by atomic mass is 9.85. The van der Waals surface area contributed by atoms with Gasteiger partial charge in [-0.25, -0.2) is 14.8 Å². The highest BCUT2D eigenvalue weighted by atomic mass is 16.5. The van der Waals surface area contributed by atoms with E-state index in [0.717, 1.165) is 5.56 Å². The van der Waals surface area contributed by atoms with Crippen LogP contribution in [0, 0.1) is 0 Å². The van der Waals surface area contributed by atoms with Crippen molar-refractivity contribution in [2.24, 2.45) is 0 Å². The van der Waals surface area contributed by atoms with E-state index < -0.39 is 17.9 Å². The van der Waals surface area contributed by atoms with Gasteiger partial charge in [0.25, 0.3) is 11.8 Å². The second kappa shape index (κ2) is 14.0. The third-order valence-electron chi connectivity index (χ3n) is 7.28. The van der Waals surface area contributed by atoms with Crippen LogP contribution in [0.2, 0.25) is 0 Å². The van der Waals surface area contributed by atoms with Gasteiger partial charge in [-0.1, -0.05) is 26.8 Å². The van der Waals surface area contributed by atoms with Crippen molar-refractivity contribution >= 4 is 40.7 Å². The molecule has 0 aliphatic heterocycles. The molecule has 0 radical (unpaired) electrons. The molecule has 17 heteroatoms. The number of ether oxygens (including phenoxy) is 1. The Kier molecular flexibility index (Phi) is 9.67. The highest BCUT2D eigenvalue weighted by Gasteiger charge is 2.23. The van der Waals surface area contributed by atoms with Crippen LogP contribution in [0.5, 0.6) is 5.75 Å². The first-order valence-electron chi connectivity index (χ1n) is 14.9. The Balaban J connectivity index is 1.13. The van der Waals surface area contributed by atoms with Crippen molar-refractivity contribution in [2.45, 2.75) is 51.7 Å². The third-order valence-corrected chi connectivity index (χ3v) is 7.28. The van der Waals surface area contributed by atoms with Gasteiger partial charge in [0.15, 0.2) is 17.0 Å². The largest absolute Gasteiger partial charge is 0.487 e. The maximum Gasteiger partial charge on any atom is 0.326 e. The van der Waals surface area contributed by atoms with Gasteiger partial charge < -0.3 is 31.9 Å². The monoisotopic (exact) mass is 654 g/mol. The number of nitrogens with two attached hydrogens (primary N) is 2. The molecule has 0 aliphatic carbocycles. The molecule has 3 aromatic heterocycles. The van der Waals surface area contributed by atoms with E-state index in [1.807, 2.05) is 12.1 Å². The normalized spacial score (nSPS) is 12.0. The van der Waals surface area contributed by atoms with E-state index in [1.165, 1.54) is 18.3 Å². The molecule has 3 heterocycles. The van der Waals surface area contributed by atoms with Crippen molar-refractivity contribution in [1.29, 1.82) is 0 Å². The van der Waals surface area contributed by atoms with Gasteiger partial charge in [0.1, 0.15) is 18.4 Å². The molecule has 5 aromatic rings. The molecule has 0 aliphatic rings. The lowest BCUT2D eigenvalue weighted by Gasteiger charge is -2.20. The lowest BCUT2D eigenvalue weighted by molar-refractivity contribution is -0.139. The Morgan fingerprint density at radius 2 is 1.79 bits per heavy atom. The Labute approximate surface area is 273 Å². The summed E-state index contributed by atoms with van der Waals surface area (Å²) >= 11 is 0. The zero-order valence-electron chi connectivity index (χ0n) is 26.4. The summed E-state index contributed by atoms with van der Waals surface area (Å²) in [5.74, 6) is -1.32. The van der Waals surface area contributed by atoms with Crippen molar-refractivity contribution in [1.82, 2.24) is 51.2 Å². The van der Waals surface area contributed by atoms with Gasteiger partial charge in [0.05, 0.1) is 17.5 Å². The molecule has 48 heavy (non-hydrogen) atoms. The fourth-order valence-corrected chi connectivity index (χ4v) is 4.68. The Morgan fingerprint density at radius 3 is 2.48 bits per heavy atom. The van der Waals surface area contributed by atoms with Crippen molar-refractivity contribution in [3.8, 4) is 17.1 Å². The van der Waals surface area contributed by atoms with Crippen LogP contribution >= 0.6 is 0 Å². The SMILES string of the molecule is CC(C)(C)c1ccc(C(=O)NCCC[C@H](NC(=O)c2ccc(OCc3cnc4nc(N)nc(N)c4n3)cc2)C(=O)O)c(-c2nn[nH]n2)c1. The Bertz CT molecular complexity index is 1940. The standard InChI is InChI=1S/C31H34N12O5/c1-31(2,3)17-8-11-20(21(13-17)25-40-42-43-41-25)28(45)34-12-4-5-22(29(46)47)37-27(44)16-6-9-19(10-7-16)48-15-18-14-35-26-23(36-18)24(32)38-30(33)39-26/h6-11,13-14,22H,4-5,12,15H2,1-3H3,(H,34,45)(H,37,44)(H,46,47)(H,40,41,42,43)(H4,32,33,35,38,39)/t22-/m0/s1. The molecule has 1 atom stereocenters. The summed E-state index contributed by atoms with van der Waals surface area (Å²) in [6, 6.07) is 10.4. The summed E-state index contributed by atoms with van der Waals surface area (Å²) in [6.45, 7) is 6.39. The average Bonchev–Trinajstić information content (AvgIpc) is 3.60. The maximum absolute atomic E-state index is 13.1. The van der Waals surface area contributed by atoms with E-state index in [1.54, 1.807) is 18.2 Å². The van der Waals surface area contributed by atoms with Crippen LogP contribution in [0.15, 0.2) is 48.7 Å². The van der Waals surface area contributed by atoms with Gasteiger partial charge in [0, 0.05) is 17.7 Å². The number of nitrogens with one attached hydrogen (secondary N) is 3. The second-order valence-corrected chi connectivity index (χ2v) is 11.8. The van der Waals surface area contributed by atoms with Gasteiger partial charge in [-0.3, -0.25) is 9.59 Å². The predicted molar refractivity (Wildman–Crippen MR) is 173 cm³/mol. The molecule has 0 saturated heterocycles. The van der Waals surface area contributed by atoms with Crippen molar-refractivity contribution in [3.63, 3.8) is 0 Å². The molecule has 0 spiro atoms. The molecule has 2 aromatic carbocycles. The van der Waals surface area contributed by atoms with E-state index in [4.69, 9.17) is 16.2 Å². The van der Waals surface area contributed by atoms with Crippen LogP contribution in [0.25, 0.3) is 22.6 Å². The van der Waals surface area contributed by atoms with Crippen molar-refractivity contribution in [3.05, 3.63) is 71.0 Å². The molecule has 0 unspecified atom stereocenters. The lowest BCUT2D eigenvalue weighted by Crippen LogP contribution is -2.41. The molecular formula is C31H34N12O5. The highest BCUT2D eigenvalue weighted by molar-refractivity contribution is 6.00. The number of aromatic amines is 1. The van der Waals surface area contributed by atoms with Gasteiger partial charge in [-0.05, 0) is 65.4 Å². The summed E-state index contributed by atoms with van der Waals surface area (Å²) in [5, 5.41) is 29.1. The molecule has 5 rings (SSSR count). The number of aliphatic carboxylic acids is 1. The van der Waals surface area contributed by atoms with Crippen LogP contribution in [-0.2, 0) is 16.8 Å². The quantitative estimate of drug-likeness (QED) is 0.105. The molecular weight excluding hydrogens is 620 g/mol. The fourth-order valence-electron chi connectivity index (χ4n) is 4.68. The zero-order chi connectivity index (χ0) is 34.4. The molecule has 0 bridgehead atoms. The van der Waals surface area contributed by atoms with Crippen molar-refractivity contribution in [2.75, 3.05) is 18.0 Å². The topological polar surface area (TPSA) is 263 Å². The summed E-state index contributed by atoms with van der Waals surface area (Å²) in [5.41, 5.74) is 14.4. The number of aromatic nitrogens is 8. The number of carbonyl (C=O) groups excluding carboxylic acids is 2. The van der Waals surface area contributed by atoms with Gasteiger partial charge >= 0.3 is 5.97 Å². The molecule has 0 fully saturated rings. The number of amides is 2. The molecule has 2 amide bonds. The van der Waals surface area contributed by atoms with E-state index in [2.05, 4.69) is 72.0 Å². The molecule has 0 saturated carbocycles. The van der Waals surface area contributed by atoms with Gasteiger partial charge in [-0.2, -0.15) is 15.2 Å². The highest BCUT2D eigenvalue weighted by Crippen LogP contribution is 2.29. The predicted octanol–water partition coefficient (Wildman–Crippen LogP) is 2.03. The molecule has 8 N–H and O–H groups in total. The summed E-state index contributed by atoms with van der Waals surface area (Å²) < 4.78 is 5.74. The fraction of sp³-hybridized carbons (Fsp3) is 0.290. The minimum atomic E-state index is -1.20.